The zero-order chi connectivity index (χ0) is 18.5. The maximum atomic E-state index is 12.0. The van der Waals surface area contributed by atoms with Gasteiger partial charge in [-0.1, -0.05) is 6.07 Å². The van der Waals surface area contributed by atoms with Crippen molar-refractivity contribution in [3.8, 4) is 17.4 Å². The van der Waals surface area contributed by atoms with Crippen LogP contribution in [0.5, 0.6) is 11.5 Å². The fourth-order valence-electron chi connectivity index (χ4n) is 2.36. The highest BCUT2D eigenvalue weighted by atomic mass is 16.5. The molecule has 8 nitrogen and oxygen atoms in total. The number of methoxy groups -OCH3 is 1. The normalized spacial score (nSPS) is 10.4. The first-order chi connectivity index (χ1) is 12.5. The maximum Gasteiger partial charge on any atom is 0.262 e. The summed E-state index contributed by atoms with van der Waals surface area (Å²) >= 11 is 0. The number of nitrogens with one attached hydrogen (secondary N) is 1. The minimum Gasteiger partial charge on any atom is -0.497 e. The van der Waals surface area contributed by atoms with Gasteiger partial charge in [0.2, 0.25) is 0 Å². The molecule has 0 aliphatic rings. The smallest absolute Gasteiger partial charge is 0.262 e. The van der Waals surface area contributed by atoms with Gasteiger partial charge in [0.25, 0.3) is 11.9 Å². The summed E-state index contributed by atoms with van der Waals surface area (Å²) in [6, 6.07) is 8.99. The molecule has 0 fully saturated rings. The van der Waals surface area contributed by atoms with Crippen LogP contribution in [0, 0.1) is 13.8 Å². The van der Waals surface area contributed by atoms with Crippen LogP contribution >= 0.6 is 0 Å². The van der Waals surface area contributed by atoms with E-state index in [2.05, 4.69) is 20.4 Å². The molecule has 1 aromatic carbocycles. The van der Waals surface area contributed by atoms with Crippen molar-refractivity contribution in [2.24, 2.45) is 0 Å². The van der Waals surface area contributed by atoms with Gasteiger partial charge in [0.05, 0.1) is 30.9 Å². The van der Waals surface area contributed by atoms with Gasteiger partial charge in [-0.25, -0.2) is 14.6 Å². The molecule has 3 rings (SSSR count). The van der Waals surface area contributed by atoms with Crippen molar-refractivity contribution in [3.05, 3.63) is 54.1 Å². The lowest BCUT2D eigenvalue weighted by atomic mass is 10.3. The van der Waals surface area contributed by atoms with Crippen LogP contribution in [0.25, 0.3) is 5.95 Å². The van der Waals surface area contributed by atoms with Gasteiger partial charge >= 0.3 is 0 Å². The van der Waals surface area contributed by atoms with Gasteiger partial charge in [0.15, 0.2) is 6.61 Å². The fraction of sp³-hybridized carbons (Fsp3) is 0.222. The van der Waals surface area contributed by atoms with Crippen molar-refractivity contribution in [3.63, 3.8) is 0 Å². The minimum absolute atomic E-state index is 0.133. The number of amides is 1. The van der Waals surface area contributed by atoms with Gasteiger partial charge in [-0.3, -0.25) is 4.79 Å². The Kier molecular flexibility index (Phi) is 5.12. The van der Waals surface area contributed by atoms with E-state index in [1.165, 1.54) is 12.4 Å². The number of rotatable bonds is 6. The van der Waals surface area contributed by atoms with Crippen molar-refractivity contribution in [2.75, 3.05) is 19.0 Å². The van der Waals surface area contributed by atoms with Gasteiger partial charge in [-0.15, -0.1) is 0 Å². The number of nitrogens with zero attached hydrogens (tertiary/aromatic N) is 4. The zero-order valence-electron chi connectivity index (χ0n) is 14.8. The molecule has 0 aliphatic carbocycles. The molecule has 0 spiro atoms. The summed E-state index contributed by atoms with van der Waals surface area (Å²) in [5.74, 6) is 1.35. The molecule has 0 aliphatic heterocycles. The summed E-state index contributed by atoms with van der Waals surface area (Å²) in [6.07, 6.45) is 3.06. The Balaban J connectivity index is 1.58. The van der Waals surface area contributed by atoms with Crippen LogP contribution < -0.4 is 14.8 Å². The molecule has 1 N–H and O–H groups in total. The summed E-state index contributed by atoms with van der Waals surface area (Å²) in [5, 5.41) is 7.01. The highest BCUT2D eigenvalue weighted by molar-refractivity contribution is 5.91. The molecular formula is C18H19N5O3. The van der Waals surface area contributed by atoms with Crippen LogP contribution in [0.2, 0.25) is 0 Å². The molecule has 0 saturated carbocycles. The lowest BCUT2D eigenvalue weighted by Gasteiger charge is -2.08. The van der Waals surface area contributed by atoms with E-state index in [0.717, 1.165) is 11.4 Å². The first kappa shape index (κ1) is 17.4. The highest BCUT2D eigenvalue weighted by Gasteiger charge is 2.08. The summed E-state index contributed by atoms with van der Waals surface area (Å²) < 4.78 is 12.2. The van der Waals surface area contributed by atoms with Crippen molar-refractivity contribution in [1.29, 1.82) is 0 Å². The maximum absolute atomic E-state index is 12.0. The van der Waals surface area contributed by atoms with E-state index in [1.807, 2.05) is 19.9 Å². The predicted octanol–water partition coefficient (Wildman–Crippen LogP) is 2.31. The van der Waals surface area contributed by atoms with Crippen LogP contribution in [-0.4, -0.2) is 39.4 Å². The third-order valence-corrected chi connectivity index (χ3v) is 3.53. The van der Waals surface area contributed by atoms with Crippen LogP contribution in [0.3, 0.4) is 0 Å². The van der Waals surface area contributed by atoms with Crippen LogP contribution in [0.4, 0.5) is 5.69 Å². The van der Waals surface area contributed by atoms with Crippen molar-refractivity contribution in [1.82, 2.24) is 19.7 Å². The van der Waals surface area contributed by atoms with E-state index in [-0.39, 0.29) is 12.5 Å². The standard InChI is InChI=1S/C18H19N5O3/c1-12-7-13(2)23(22-12)18-19-9-14(10-20-18)21-17(24)11-26-16-6-4-5-15(8-16)25-3/h4-10H,11H2,1-3H3,(H,21,24). The molecule has 26 heavy (non-hydrogen) atoms. The molecular weight excluding hydrogens is 334 g/mol. The lowest BCUT2D eigenvalue weighted by molar-refractivity contribution is -0.118. The Morgan fingerprint density at radius 1 is 1.15 bits per heavy atom. The van der Waals surface area contributed by atoms with E-state index < -0.39 is 0 Å². The van der Waals surface area contributed by atoms with Gasteiger partial charge in [0.1, 0.15) is 11.5 Å². The average molecular weight is 353 g/mol. The lowest BCUT2D eigenvalue weighted by Crippen LogP contribution is -2.20. The summed E-state index contributed by atoms with van der Waals surface area (Å²) in [7, 11) is 1.57. The van der Waals surface area contributed by atoms with Gasteiger partial charge < -0.3 is 14.8 Å². The molecule has 0 bridgehead atoms. The fourth-order valence-corrected chi connectivity index (χ4v) is 2.36. The number of aromatic nitrogens is 4. The molecule has 8 heteroatoms. The molecule has 0 atom stereocenters. The molecule has 1 amide bonds. The molecule has 0 radical (unpaired) electrons. The second-order valence-corrected chi connectivity index (χ2v) is 5.63. The molecule has 2 heterocycles. The molecule has 0 saturated heterocycles. The number of carbonyl (C=O) groups excluding carboxylic acids is 1. The van der Waals surface area contributed by atoms with Gasteiger partial charge in [0, 0.05) is 11.8 Å². The minimum atomic E-state index is -0.310. The molecule has 3 aromatic rings. The third-order valence-electron chi connectivity index (χ3n) is 3.53. The van der Waals surface area contributed by atoms with E-state index in [0.29, 0.717) is 23.1 Å². The Morgan fingerprint density at radius 3 is 2.54 bits per heavy atom. The highest BCUT2D eigenvalue weighted by Crippen LogP contribution is 2.18. The number of benzene rings is 1. The second-order valence-electron chi connectivity index (χ2n) is 5.63. The number of hydrogen-bond donors (Lipinski definition) is 1. The third kappa shape index (κ3) is 4.15. The Hall–Kier alpha value is -3.42. The predicted molar refractivity (Wildman–Crippen MR) is 95.7 cm³/mol. The Bertz CT molecular complexity index is 905. The van der Waals surface area contributed by atoms with Crippen molar-refractivity contribution >= 4 is 11.6 Å². The van der Waals surface area contributed by atoms with E-state index >= 15 is 0 Å². The zero-order valence-corrected chi connectivity index (χ0v) is 14.8. The Morgan fingerprint density at radius 2 is 1.88 bits per heavy atom. The van der Waals surface area contributed by atoms with E-state index in [4.69, 9.17) is 9.47 Å². The summed E-state index contributed by atoms with van der Waals surface area (Å²) in [6.45, 7) is 3.70. The molecule has 134 valence electrons. The SMILES string of the molecule is COc1cccc(OCC(=O)Nc2cnc(-n3nc(C)cc3C)nc2)c1. The quantitative estimate of drug-likeness (QED) is 0.731. The van der Waals surface area contributed by atoms with Crippen LogP contribution in [0.1, 0.15) is 11.4 Å². The number of aryl methyl sites for hydroxylation is 2. The molecule has 0 unspecified atom stereocenters. The van der Waals surface area contributed by atoms with Gasteiger partial charge in [-0.05, 0) is 32.0 Å². The number of hydrogen-bond acceptors (Lipinski definition) is 6. The van der Waals surface area contributed by atoms with Crippen molar-refractivity contribution < 1.29 is 14.3 Å². The number of carbonyl (C=O) groups is 1. The topological polar surface area (TPSA) is 91.2 Å². The molecule has 2 aromatic heterocycles. The average Bonchev–Trinajstić information content (AvgIpc) is 2.99. The monoisotopic (exact) mass is 353 g/mol. The first-order valence-corrected chi connectivity index (χ1v) is 7.97. The van der Waals surface area contributed by atoms with Crippen LogP contribution in [-0.2, 0) is 4.79 Å². The number of anilines is 1. The largest absolute Gasteiger partial charge is 0.497 e. The summed E-state index contributed by atoms with van der Waals surface area (Å²) in [4.78, 5) is 20.5. The second kappa shape index (κ2) is 7.64. The van der Waals surface area contributed by atoms with E-state index in [1.54, 1.807) is 36.1 Å². The Labute approximate surface area is 150 Å². The van der Waals surface area contributed by atoms with E-state index in [9.17, 15) is 4.79 Å². The summed E-state index contributed by atoms with van der Waals surface area (Å²) in [5.41, 5.74) is 2.30. The van der Waals surface area contributed by atoms with Gasteiger partial charge in [-0.2, -0.15) is 5.10 Å². The number of ether oxygens (including phenoxy) is 2. The van der Waals surface area contributed by atoms with Crippen molar-refractivity contribution in [2.45, 2.75) is 13.8 Å². The van der Waals surface area contributed by atoms with Crippen LogP contribution in [0.15, 0.2) is 42.7 Å². The first-order valence-electron chi connectivity index (χ1n) is 7.97.